The molecule has 0 atom stereocenters. The van der Waals surface area contributed by atoms with Crippen molar-refractivity contribution in [1.82, 2.24) is 0 Å². The van der Waals surface area contributed by atoms with Crippen LogP contribution in [0.5, 0.6) is 0 Å². The van der Waals surface area contributed by atoms with E-state index < -0.39 is 5.97 Å². The van der Waals surface area contributed by atoms with Crippen molar-refractivity contribution in [2.24, 2.45) is 0 Å². The minimum absolute atomic E-state index is 0.216. The molecule has 0 fully saturated rings. The highest BCUT2D eigenvalue weighted by Crippen LogP contribution is 2.24. The molecule has 2 nitrogen and oxygen atoms in total. The highest BCUT2D eigenvalue weighted by atomic mass is 16.4. The highest BCUT2D eigenvalue weighted by Gasteiger charge is 2.04. The van der Waals surface area contributed by atoms with E-state index in [4.69, 9.17) is 5.11 Å². The van der Waals surface area contributed by atoms with Gasteiger partial charge in [0.05, 0.1) is 0 Å². The van der Waals surface area contributed by atoms with Crippen LogP contribution in [0.3, 0.4) is 0 Å². The number of allylic oxidation sites excluding steroid dienone is 1. The first-order chi connectivity index (χ1) is 9.77. The maximum atomic E-state index is 10.6. The summed E-state index contributed by atoms with van der Waals surface area (Å²) in [6.07, 6.45) is 3.78. The summed E-state index contributed by atoms with van der Waals surface area (Å²) in [5.74, 6) is -0.737. The molecule has 0 spiro atoms. The summed E-state index contributed by atoms with van der Waals surface area (Å²) in [6.45, 7) is 0. The van der Waals surface area contributed by atoms with Crippen molar-refractivity contribution < 1.29 is 9.90 Å². The Morgan fingerprint density at radius 3 is 1.85 bits per heavy atom. The van der Waals surface area contributed by atoms with Gasteiger partial charge in [-0.05, 0) is 29.5 Å². The average Bonchev–Trinajstić information content (AvgIpc) is 2.49. The molecule has 0 aliphatic carbocycles. The molecule has 0 bridgehead atoms. The second-order valence-electron chi connectivity index (χ2n) is 4.64. The molecule has 0 saturated heterocycles. The molecule has 102 valence electrons. The lowest BCUT2D eigenvalue weighted by Gasteiger charge is -2.08. The summed E-state index contributed by atoms with van der Waals surface area (Å²) in [5.41, 5.74) is 3.49. The monoisotopic (exact) mass is 266 g/mol. The van der Waals surface area contributed by atoms with E-state index in [0.717, 1.165) is 23.1 Å². The highest BCUT2D eigenvalue weighted by molar-refractivity contribution is 5.79. The molecular weight excluding hydrogens is 248 g/mol. The molecule has 0 amide bonds. The molecule has 0 aliphatic rings. The van der Waals surface area contributed by atoms with Crippen LogP contribution in [-0.2, 0) is 4.79 Å². The van der Waals surface area contributed by atoms with E-state index in [-0.39, 0.29) is 6.42 Å². The molecule has 20 heavy (non-hydrogen) atoms. The summed E-state index contributed by atoms with van der Waals surface area (Å²) in [5, 5.41) is 8.69. The number of hydrogen-bond donors (Lipinski definition) is 1. The van der Waals surface area contributed by atoms with Gasteiger partial charge < -0.3 is 5.11 Å². The van der Waals surface area contributed by atoms with Crippen LogP contribution in [0.4, 0.5) is 0 Å². The van der Waals surface area contributed by atoms with Crippen molar-refractivity contribution in [3.8, 4) is 0 Å². The van der Waals surface area contributed by atoms with Gasteiger partial charge in [-0.1, -0.05) is 66.7 Å². The minimum Gasteiger partial charge on any atom is -0.481 e. The summed E-state index contributed by atoms with van der Waals surface area (Å²) >= 11 is 0. The fraction of sp³-hybridized carbons (Fsp3) is 0.167. The number of aliphatic carboxylic acids is 1. The Balaban J connectivity index is 2.21. The Labute approximate surface area is 119 Å². The molecule has 2 rings (SSSR count). The number of carboxylic acid groups (broad SMARTS) is 1. The molecule has 1 N–H and O–H groups in total. The standard InChI is InChI=1S/C18H18O2/c19-18(20)14-8-7-13-17(15-9-3-1-4-10-15)16-11-5-2-6-12-16/h1-6,9-13H,7-8,14H2,(H,19,20). The van der Waals surface area contributed by atoms with Gasteiger partial charge in [-0.15, -0.1) is 0 Å². The number of benzene rings is 2. The summed E-state index contributed by atoms with van der Waals surface area (Å²) < 4.78 is 0. The van der Waals surface area contributed by atoms with E-state index >= 15 is 0 Å². The van der Waals surface area contributed by atoms with Gasteiger partial charge >= 0.3 is 5.97 Å². The van der Waals surface area contributed by atoms with Gasteiger partial charge in [0, 0.05) is 6.42 Å². The third-order valence-corrected chi connectivity index (χ3v) is 3.11. The smallest absolute Gasteiger partial charge is 0.303 e. The van der Waals surface area contributed by atoms with Crippen molar-refractivity contribution >= 4 is 11.5 Å². The number of carbonyl (C=O) groups is 1. The first-order valence-corrected chi connectivity index (χ1v) is 6.80. The van der Waals surface area contributed by atoms with Crippen LogP contribution in [0.2, 0.25) is 0 Å². The first-order valence-electron chi connectivity index (χ1n) is 6.80. The van der Waals surface area contributed by atoms with Crippen LogP contribution >= 0.6 is 0 Å². The van der Waals surface area contributed by atoms with Gasteiger partial charge in [0.1, 0.15) is 0 Å². The molecule has 2 heteroatoms. The van der Waals surface area contributed by atoms with E-state index in [1.54, 1.807) is 0 Å². The number of hydrogen-bond acceptors (Lipinski definition) is 1. The van der Waals surface area contributed by atoms with Crippen LogP contribution in [-0.4, -0.2) is 11.1 Å². The zero-order chi connectivity index (χ0) is 14.2. The molecular formula is C18H18O2. The van der Waals surface area contributed by atoms with Crippen molar-refractivity contribution in [2.75, 3.05) is 0 Å². The van der Waals surface area contributed by atoms with Crippen LogP contribution in [0.25, 0.3) is 5.57 Å². The molecule has 0 radical (unpaired) electrons. The largest absolute Gasteiger partial charge is 0.481 e. The van der Waals surface area contributed by atoms with Crippen molar-refractivity contribution in [1.29, 1.82) is 0 Å². The van der Waals surface area contributed by atoms with Gasteiger partial charge in [-0.3, -0.25) is 4.79 Å². The van der Waals surface area contributed by atoms with Crippen LogP contribution in [0.15, 0.2) is 66.7 Å². The summed E-state index contributed by atoms with van der Waals surface area (Å²) in [6, 6.07) is 20.4. The van der Waals surface area contributed by atoms with Gasteiger partial charge in [-0.25, -0.2) is 0 Å². The molecule has 0 heterocycles. The van der Waals surface area contributed by atoms with Crippen molar-refractivity contribution in [2.45, 2.75) is 19.3 Å². The van der Waals surface area contributed by atoms with Crippen LogP contribution in [0, 0.1) is 0 Å². The third-order valence-electron chi connectivity index (χ3n) is 3.11. The normalized spacial score (nSPS) is 10.0. The third kappa shape index (κ3) is 4.09. The maximum Gasteiger partial charge on any atom is 0.303 e. The predicted molar refractivity (Wildman–Crippen MR) is 81.4 cm³/mol. The molecule has 2 aromatic rings. The van der Waals surface area contributed by atoms with Crippen LogP contribution < -0.4 is 0 Å². The van der Waals surface area contributed by atoms with Gasteiger partial charge in [-0.2, -0.15) is 0 Å². The Kier molecular flexibility index (Phi) is 5.13. The lowest BCUT2D eigenvalue weighted by atomic mass is 9.96. The molecule has 0 saturated carbocycles. The Morgan fingerprint density at radius 1 is 0.900 bits per heavy atom. The topological polar surface area (TPSA) is 37.3 Å². The molecule has 2 aromatic carbocycles. The lowest BCUT2D eigenvalue weighted by Crippen LogP contribution is -1.93. The fourth-order valence-corrected chi connectivity index (χ4v) is 2.14. The lowest BCUT2D eigenvalue weighted by molar-refractivity contribution is -0.137. The van der Waals surface area contributed by atoms with Crippen molar-refractivity contribution in [3.63, 3.8) is 0 Å². The van der Waals surface area contributed by atoms with Gasteiger partial charge in [0.2, 0.25) is 0 Å². The average molecular weight is 266 g/mol. The maximum absolute atomic E-state index is 10.6. The van der Waals surface area contributed by atoms with Crippen molar-refractivity contribution in [3.05, 3.63) is 77.9 Å². The SMILES string of the molecule is O=C(O)CCCC=C(c1ccccc1)c1ccccc1. The van der Waals surface area contributed by atoms with Crippen LogP contribution in [0.1, 0.15) is 30.4 Å². The molecule has 0 unspecified atom stereocenters. The Morgan fingerprint density at radius 2 is 1.40 bits per heavy atom. The Hall–Kier alpha value is -2.35. The van der Waals surface area contributed by atoms with E-state index in [1.807, 2.05) is 36.4 Å². The zero-order valence-corrected chi connectivity index (χ0v) is 11.3. The first kappa shape index (κ1) is 14.1. The summed E-state index contributed by atoms with van der Waals surface area (Å²) in [4.78, 5) is 10.6. The van der Waals surface area contributed by atoms with E-state index in [2.05, 4.69) is 30.3 Å². The van der Waals surface area contributed by atoms with Gasteiger partial charge in [0.25, 0.3) is 0 Å². The number of unbranched alkanes of at least 4 members (excludes halogenated alkanes) is 1. The Bertz CT molecular complexity index is 529. The number of rotatable bonds is 6. The van der Waals surface area contributed by atoms with E-state index in [1.165, 1.54) is 0 Å². The molecule has 0 aromatic heterocycles. The molecule has 0 aliphatic heterocycles. The minimum atomic E-state index is -0.737. The van der Waals surface area contributed by atoms with E-state index in [9.17, 15) is 4.79 Å². The second-order valence-corrected chi connectivity index (χ2v) is 4.64. The summed E-state index contributed by atoms with van der Waals surface area (Å²) in [7, 11) is 0. The number of carboxylic acids is 1. The fourth-order valence-electron chi connectivity index (χ4n) is 2.14. The van der Waals surface area contributed by atoms with E-state index in [0.29, 0.717) is 6.42 Å². The quantitative estimate of drug-likeness (QED) is 0.788. The predicted octanol–water partition coefficient (Wildman–Crippen LogP) is 4.37. The van der Waals surface area contributed by atoms with Gasteiger partial charge in [0.15, 0.2) is 0 Å². The second kappa shape index (κ2) is 7.29. The zero-order valence-electron chi connectivity index (χ0n) is 11.3.